The Balaban J connectivity index is 2.47. The first-order chi connectivity index (χ1) is 8.48. The molecule has 1 radical (unpaired) electrons. The molecule has 0 N–H and O–H groups in total. The molecule has 18 heavy (non-hydrogen) atoms. The Morgan fingerprint density at radius 1 is 0.778 bits per heavy atom. The number of halogens is 1. The van der Waals surface area contributed by atoms with Gasteiger partial charge in [-0.25, -0.2) is 4.39 Å². The van der Waals surface area contributed by atoms with Gasteiger partial charge in [0.1, 0.15) is 5.82 Å². The Morgan fingerprint density at radius 2 is 1.28 bits per heavy atom. The Labute approximate surface area is 108 Å². The molecule has 0 saturated heterocycles. The third kappa shape index (κ3) is 2.79. The molecule has 0 amide bonds. The van der Waals surface area contributed by atoms with Crippen LogP contribution in [0.25, 0.3) is 0 Å². The first-order valence-corrected chi connectivity index (χ1v) is 6.17. The fraction of sp³-hybridized carbons (Fsp3) is 0.235. The summed E-state index contributed by atoms with van der Waals surface area (Å²) in [5, 5.41) is 0. The van der Waals surface area contributed by atoms with Gasteiger partial charge < -0.3 is 0 Å². The summed E-state index contributed by atoms with van der Waals surface area (Å²) in [6.07, 6.45) is 0. The Kier molecular flexibility index (Phi) is 3.51. The first-order valence-electron chi connectivity index (χ1n) is 6.17. The van der Waals surface area contributed by atoms with E-state index in [1.54, 1.807) is 0 Å². The summed E-state index contributed by atoms with van der Waals surface area (Å²) in [6, 6.07) is 17.0. The highest BCUT2D eigenvalue weighted by molar-refractivity contribution is 5.48. The molecule has 0 heterocycles. The third-order valence-electron chi connectivity index (χ3n) is 2.95. The molecule has 0 spiro atoms. The average Bonchev–Trinajstić information content (AvgIpc) is 2.32. The fourth-order valence-electron chi connectivity index (χ4n) is 2.25. The van der Waals surface area contributed by atoms with E-state index in [0.29, 0.717) is 0 Å². The molecule has 0 aliphatic rings. The van der Waals surface area contributed by atoms with Crippen molar-refractivity contribution >= 4 is 0 Å². The SMILES string of the molecule is CC(C)(C)[C](c1ccccc1)c1ccc(F)cc1. The zero-order chi connectivity index (χ0) is 13.2. The van der Waals surface area contributed by atoms with E-state index in [0.717, 1.165) is 5.56 Å². The monoisotopic (exact) mass is 241 g/mol. The van der Waals surface area contributed by atoms with Crippen LogP contribution in [0.15, 0.2) is 54.6 Å². The predicted molar refractivity (Wildman–Crippen MR) is 73.7 cm³/mol. The van der Waals surface area contributed by atoms with Crippen LogP contribution in [0.1, 0.15) is 31.9 Å². The van der Waals surface area contributed by atoms with Crippen LogP contribution in [0.5, 0.6) is 0 Å². The van der Waals surface area contributed by atoms with Gasteiger partial charge in [0, 0.05) is 5.92 Å². The van der Waals surface area contributed by atoms with Crippen molar-refractivity contribution in [3.8, 4) is 0 Å². The van der Waals surface area contributed by atoms with Gasteiger partial charge in [-0.1, -0.05) is 63.2 Å². The molecule has 0 bridgehead atoms. The second kappa shape index (κ2) is 4.93. The van der Waals surface area contributed by atoms with Crippen LogP contribution < -0.4 is 0 Å². The van der Waals surface area contributed by atoms with Crippen LogP contribution in [0.2, 0.25) is 0 Å². The van der Waals surface area contributed by atoms with Crippen LogP contribution in [-0.4, -0.2) is 0 Å². The minimum atomic E-state index is -0.194. The van der Waals surface area contributed by atoms with Crippen molar-refractivity contribution < 1.29 is 4.39 Å². The largest absolute Gasteiger partial charge is 0.207 e. The zero-order valence-corrected chi connectivity index (χ0v) is 11.1. The summed E-state index contributed by atoms with van der Waals surface area (Å²) in [4.78, 5) is 0. The van der Waals surface area contributed by atoms with Crippen LogP contribution in [0, 0.1) is 17.2 Å². The van der Waals surface area contributed by atoms with Crippen LogP contribution in [0.4, 0.5) is 4.39 Å². The summed E-state index contributed by atoms with van der Waals surface area (Å²) in [5.41, 5.74) is 2.28. The average molecular weight is 241 g/mol. The van der Waals surface area contributed by atoms with E-state index >= 15 is 0 Å². The molecular weight excluding hydrogens is 223 g/mol. The summed E-state index contributed by atoms with van der Waals surface area (Å²) in [5.74, 6) is 1.04. The zero-order valence-electron chi connectivity index (χ0n) is 11.1. The minimum Gasteiger partial charge on any atom is -0.207 e. The maximum atomic E-state index is 13.0. The van der Waals surface area contributed by atoms with Gasteiger partial charge in [0.15, 0.2) is 0 Å². The lowest BCUT2D eigenvalue weighted by atomic mass is 9.72. The summed E-state index contributed by atoms with van der Waals surface area (Å²) < 4.78 is 13.0. The molecule has 0 aliphatic heterocycles. The molecular formula is C17H18F. The molecule has 0 saturated carbocycles. The molecule has 2 aromatic rings. The molecule has 0 nitrogen and oxygen atoms in total. The summed E-state index contributed by atoms with van der Waals surface area (Å²) in [6.45, 7) is 6.54. The third-order valence-corrected chi connectivity index (χ3v) is 2.95. The Bertz CT molecular complexity index is 491. The lowest BCUT2D eigenvalue weighted by molar-refractivity contribution is 0.463. The van der Waals surface area contributed by atoms with E-state index in [1.165, 1.54) is 23.6 Å². The second-order valence-corrected chi connectivity index (χ2v) is 5.50. The lowest BCUT2D eigenvalue weighted by Gasteiger charge is -2.31. The van der Waals surface area contributed by atoms with Gasteiger partial charge in [0.25, 0.3) is 0 Å². The van der Waals surface area contributed by atoms with E-state index in [1.807, 2.05) is 30.3 Å². The van der Waals surface area contributed by atoms with Crippen molar-refractivity contribution in [2.45, 2.75) is 20.8 Å². The van der Waals surface area contributed by atoms with E-state index in [2.05, 4.69) is 32.9 Å². The lowest BCUT2D eigenvalue weighted by Crippen LogP contribution is -2.20. The van der Waals surface area contributed by atoms with Crippen LogP contribution in [-0.2, 0) is 0 Å². The van der Waals surface area contributed by atoms with Gasteiger partial charge in [0.05, 0.1) is 0 Å². The maximum Gasteiger partial charge on any atom is 0.123 e. The fourth-order valence-corrected chi connectivity index (χ4v) is 2.25. The molecule has 1 heteroatoms. The predicted octanol–water partition coefficient (Wildman–Crippen LogP) is 4.84. The second-order valence-electron chi connectivity index (χ2n) is 5.50. The molecule has 0 fully saturated rings. The van der Waals surface area contributed by atoms with E-state index < -0.39 is 0 Å². The quantitative estimate of drug-likeness (QED) is 0.705. The van der Waals surface area contributed by atoms with Crippen molar-refractivity contribution in [3.63, 3.8) is 0 Å². The standard InChI is InChI=1S/C17H18F/c1-17(2,3)16(13-7-5-4-6-8-13)14-9-11-15(18)12-10-14/h4-12H,1-3H3. The van der Waals surface area contributed by atoms with E-state index in [-0.39, 0.29) is 11.2 Å². The van der Waals surface area contributed by atoms with Crippen molar-refractivity contribution in [2.75, 3.05) is 0 Å². The first kappa shape index (κ1) is 12.8. The Morgan fingerprint density at radius 3 is 1.78 bits per heavy atom. The van der Waals surface area contributed by atoms with Gasteiger partial charge in [-0.3, -0.25) is 0 Å². The van der Waals surface area contributed by atoms with E-state index in [4.69, 9.17) is 0 Å². The van der Waals surface area contributed by atoms with Crippen LogP contribution in [0.3, 0.4) is 0 Å². The highest BCUT2D eigenvalue weighted by Crippen LogP contribution is 2.39. The number of rotatable bonds is 2. The highest BCUT2D eigenvalue weighted by Gasteiger charge is 2.28. The van der Waals surface area contributed by atoms with Crippen molar-refractivity contribution in [2.24, 2.45) is 5.41 Å². The smallest absolute Gasteiger partial charge is 0.123 e. The molecule has 0 aromatic heterocycles. The van der Waals surface area contributed by atoms with Gasteiger partial charge in [-0.05, 0) is 28.7 Å². The maximum absolute atomic E-state index is 13.0. The van der Waals surface area contributed by atoms with Gasteiger partial charge in [-0.15, -0.1) is 0 Å². The van der Waals surface area contributed by atoms with Crippen LogP contribution >= 0.6 is 0 Å². The van der Waals surface area contributed by atoms with E-state index in [9.17, 15) is 4.39 Å². The number of benzene rings is 2. The summed E-state index contributed by atoms with van der Waals surface area (Å²) in [7, 11) is 0. The molecule has 2 rings (SSSR count). The minimum absolute atomic E-state index is 0.0131. The number of hydrogen-bond acceptors (Lipinski definition) is 0. The molecule has 0 aliphatic carbocycles. The molecule has 0 unspecified atom stereocenters. The normalized spacial score (nSPS) is 11.8. The molecule has 2 aromatic carbocycles. The van der Waals surface area contributed by atoms with Crippen molar-refractivity contribution in [3.05, 3.63) is 77.5 Å². The van der Waals surface area contributed by atoms with Gasteiger partial charge >= 0.3 is 0 Å². The number of hydrogen-bond donors (Lipinski definition) is 0. The van der Waals surface area contributed by atoms with Gasteiger partial charge in [-0.2, -0.15) is 0 Å². The van der Waals surface area contributed by atoms with Crippen molar-refractivity contribution in [1.82, 2.24) is 0 Å². The molecule has 0 atom stereocenters. The van der Waals surface area contributed by atoms with Crippen molar-refractivity contribution in [1.29, 1.82) is 0 Å². The topological polar surface area (TPSA) is 0 Å². The highest BCUT2D eigenvalue weighted by atomic mass is 19.1. The molecule has 93 valence electrons. The van der Waals surface area contributed by atoms with Gasteiger partial charge in [0.2, 0.25) is 0 Å². The Hall–Kier alpha value is -1.63. The summed E-state index contributed by atoms with van der Waals surface area (Å²) >= 11 is 0.